The molecular weight excluding hydrogens is 571 g/mol. The van der Waals surface area contributed by atoms with Crippen molar-refractivity contribution in [1.29, 1.82) is 0 Å². The molecule has 4 aromatic rings. The number of anilines is 1. The second-order valence-electron chi connectivity index (χ2n) is 10.4. The zero-order valence-electron chi connectivity index (χ0n) is 23.6. The van der Waals surface area contributed by atoms with Gasteiger partial charge in [-0.2, -0.15) is 0 Å². The van der Waals surface area contributed by atoms with Crippen LogP contribution in [0.3, 0.4) is 0 Å². The number of esters is 1. The smallest absolute Gasteiger partial charge is 0.347 e. The van der Waals surface area contributed by atoms with E-state index in [0.717, 1.165) is 31.6 Å². The molecule has 224 valence electrons. The Morgan fingerprint density at radius 1 is 0.930 bits per heavy atom. The second-order valence-corrected chi connectivity index (χ2v) is 10.8. The molecule has 1 saturated heterocycles. The number of carbonyl (C=O) groups excluding carboxylic acids is 2. The molecule has 0 radical (unpaired) electrons. The maximum Gasteiger partial charge on any atom is 0.347 e. The molecule has 43 heavy (non-hydrogen) atoms. The van der Waals surface area contributed by atoms with Gasteiger partial charge in [-0.1, -0.05) is 41.9 Å². The van der Waals surface area contributed by atoms with Crippen LogP contribution in [-0.2, 0) is 5.60 Å². The molecule has 0 unspecified atom stereocenters. The average Bonchev–Trinajstić information content (AvgIpc) is 2.99. The molecule has 0 saturated carbocycles. The van der Waals surface area contributed by atoms with Crippen molar-refractivity contribution in [2.75, 3.05) is 25.4 Å². The van der Waals surface area contributed by atoms with Crippen LogP contribution in [0.5, 0.6) is 11.5 Å². The first-order valence-electron chi connectivity index (χ1n) is 14.0. The standard InChI is InChI=1S/C21H23ClFNO2.C13H11NO3/c22-18-7-5-17(6-8-18)21(26)11-14-24(15-12-21)13-1-2-20(25)16-3-9-19(23)10-4-16;14-9-6-7-11(12(15)8-9)13(16)17-10-4-2-1-3-5-10/h3-10,26H,1-2,11-15H2;1-8,15H,14H2. The number of phenols is 1. The molecule has 1 aliphatic rings. The molecule has 0 bridgehead atoms. The summed E-state index contributed by atoms with van der Waals surface area (Å²) < 4.78 is 18.0. The maximum absolute atomic E-state index is 12.9. The second kappa shape index (κ2) is 14.8. The summed E-state index contributed by atoms with van der Waals surface area (Å²) >= 11 is 5.92. The highest BCUT2D eigenvalue weighted by molar-refractivity contribution is 6.30. The minimum absolute atomic E-state index is 0.0414. The van der Waals surface area contributed by atoms with E-state index in [1.54, 1.807) is 24.3 Å². The Kier molecular flexibility index (Phi) is 10.9. The molecule has 0 aliphatic carbocycles. The number of Topliss-reactive ketones (excluding diaryl/α,β-unsaturated/α-hetero) is 1. The molecule has 9 heteroatoms. The van der Waals surface area contributed by atoms with Crippen LogP contribution < -0.4 is 10.5 Å². The lowest BCUT2D eigenvalue weighted by atomic mass is 9.84. The number of nitrogens with two attached hydrogens (primary N) is 1. The lowest BCUT2D eigenvalue weighted by Crippen LogP contribution is -2.42. The lowest BCUT2D eigenvalue weighted by Gasteiger charge is -2.38. The average molecular weight is 605 g/mol. The van der Waals surface area contributed by atoms with Crippen molar-refractivity contribution in [3.63, 3.8) is 0 Å². The fraction of sp³-hybridized carbons (Fsp3) is 0.235. The van der Waals surface area contributed by atoms with Crippen LogP contribution >= 0.6 is 11.6 Å². The first kappa shape index (κ1) is 31.7. The summed E-state index contributed by atoms with van der Waals surface area (Å²) in [6, 6.07) is 26.0. The normalized spacial score (nSPS) is 14.3. The summed E-state index contributed by atoms with van der Waals surface area (Å²) in [6.45, 7) is 2.41. The van der Waals surface area contributed by atoms with Crippen LogP contribution in [0.1, 0.15) is 52.0 Å². The SMILES string of the molecule is Nc1ccc(C(=O)Oc2ccccc2)c(O)c1.O=C(CCCN1CCC(O)(c2ccc(Cl)cc2)CC1)c1ccc(F)cc1. The molecule has 5 rings (SSSR count). The fourth-order valence-corrected chi connectivity index (χ4v) is 4.94. The number of nitrogen functional groups attached to an aromatic ring is 1. The van der Waals surface area contributed by atoms with Gasteiger partial charge < -0.3 is 25.6 Å². The van der Waals surface area contributed by atoms with Crippen LogP contribution in [0.25, 0.3) is 0 Å². The molecule has 0 spiro atoms. The predicted molar refractivity (Wildman–Crippen MR) is 165 cm³/mol. The van der Waals surface area contributed by atoms with Crippen molar-refractivity contribution in [2.24, 2.45) is 0 Å². The number of halogens is 2. The van der Waals surface area contributed by atoms with Gasteiger partial charge >= 0.3 is 5.97 Å². The molecule has 7 nitrogen and oxygen atoms in total. The number of ether oxygens (including phenoxy) is 1. The number of carbonyl (C=O) groups is 2. The van der Waals surface area contributed by atoms with Gasteiger partial charge in [-0.3, -0.25) is 4.79 Å². The van der Waals surface area contributed by atoms with Crippen LogP contribution in [0.2, 0.25) is 5.02 Å². The van der Waals surface area contributed by atoms with E-state index >= 15 is 0 Å². The van der Waals surface area contributed by atoms with E-state index in [1.165, 1.54) is 42.5 Å². The van der Waals surface area contributed by atoms with Gasteiger partial charge in [0.05, 0.1) is 5.60 Å². The topological polar surface area (TPSA) is 113 Å². The predicted octanol–water partition coefficient (Wildman–Crippen LogP) is 6.62. The number of aromatic hydroxyl groups is 1. The van der Waals surface area contributed by atoms with E-state index in [2.05, 4.69) is 4.90 Å². The number of piperidine rings is 1. The number of likely N-dealkylation sites (tertiary alicyclic amines) is 1. The number of ketones is 1. The highest BCUT2D eigenvalue weighted by Gasteiger charge is 2.33. The molecule has 1 aliphatic heterocycles. The van der Waals surface area contributed by atoms with E-state index in [4.69, 9.17) is 22.1 Å². The van der Waals surface area contributed by atoms with Gasteiger partial charge in [0, 0.05) is 41.9 Å². The first-order valence-corrected chi connectivity index (χ1v) is 14.4. The summed E-state index contributed by atoms with van der Waals surface area (Å²) in [5.41, 5.74) is 6.61. The van der Waals surface area contributed by atoms with Crippen molar-refractivity contribution in [3.05, 3.63) is 125 Å². The quantitative estimate of drug-likeness (QED) is 0.0896. The van der Waals surface area contributed by atoms with Crippen LogP contribution in [-0.4, -0.2) is 46.5 Å². The zero-order valence-corrected chi connectivity index (χ0v) is 24.3. The third kappa shape index (κ3) is 9.12. The van der Waals surface area contributed by atoms with Gasteiger partial charge in [0.15, 0.2) is 5.78 Å². The number of phenolic OH excluding ortho intramolecular Hbond substituents is 1. The van der Waals surface area contributed by atoms with E-state index in [1.807, 2.05) is 30.3 Å². The molecule has 0 atom stereocenters. The van der Waals surface area contributed by atoms with Crippen LogP contribution in [0.4, 0.5) is 10.1 Å². The summed E-state index contributed by atoms with van der Waals surface area (Å²) in [5, 5.41) is 21.1. The number of hydrogen-bond donors (Lipinski definition) is 3. The fourth-order valence-electron chi connectivity index (χ4n) is 4.81. The van der Waals surface area contributed by atoms with E-state index in [9.17, 15) is 24.2 Å². The monoisotopic (exact) mass is 604 g/mol. The Labute approximate surface area is 255 Å². The van der Waals surface area contributed by atoms with Crippen LogP contribution in [0, 0.1) is 5.82 Å². The third-order valence-corrected chi connectivity index (χ3v) is 7.56. The van der Waals surface area contributed by atoms with Gasteiger partial charge in [-0.25, -0.2) is 9.18 Å². The number of aliphatic hydroxyl groups is 1. The number of nitrogens with zero attached hydrogens (tertiary/aromatic N) is 1. The van der Waals surface area contributed by atoms with Crippen LogP contribution in [0.15, 0.2) is 97.1 Å². The maximum atomic E-state index is 12.9. The summed E-state index contributed by atoms with van der Waals surface area (Å²) in [7, 11) is 0. The Bertz CT molecular complexity index is 1510. The Morgan fingerprint density at radius 2 is 1.58 bits per heavy atom. The van der Waals surface area contributed by atoms with Gasteiger partial charge in [-0.05, 0) is 92.0 Å². The van der Waals surface area contributed by atoms with E-state index in [-0.39, 0.29) is 22.9 Å². The Morgan fingerprint density at radius 3 is 2.21 bits per heavy atom. The summed E-state index contributed by atoms with van der Waals surface area (Å²) in [5.74, 6) is -0.670. The van der Waals surface area contributed by atoms with Gasteiger partial charge in [0.1, 0.15) is 22.9 Å². The number of para-hydroxylation sites is 1. The molecule has 1 fully saturated rings. The van der Waals surface area contributed by atoms with Crippen molar-refractivity contribution in [2.45, 2.75) is 31.3 Å². The van der Waals surface area contributed by atoms with Gasteiger partial charge in [0.2, 0.25) is 0 Å². The summed E-state index contributed by atoms with van der Waals surface area (Å²) in [6.07, 6.45) is 2.54. The number of rotatable bonds is 8. The largest absolute Gasteiger partial charge is 0.507 e. The third-order valence-electron chi connectivity index (χ3n) is 7.30. The number of benzene rings is 4. The van der Waals surface area contributed by atoms with Gasteiger partial charge in [0.25, 0.3) is 0 Å². The van der Waals surface area contributed by atoms with E-state index in [0.29, 0.717) is 41.3 Å². The van der Waals surface area contributed by atoms with Crippen molar-refractivity contribution in [1.82, 2.24) is 4.90 Å². The lowest BCUT2D eigenvalue weighted by molar-refractivity contribution is -0.0260. The van der Waals surface area contributed by atoms with Crippen molar-refractivity contribution >= 4 is 29.0 Å². The molecule has 1 heterocycles. The molecule has 0 amide bonds. The molecule has 0 aromatic heterocycles. The Hall–Kier alpha value is -4.24. The Balaban J connectivity index is 0.000000215. The highest BCUT2D eigenvalue weighted by atomic mass is 35.5. The molecular formula is C34H34ClFN2O5. The van der Waals surface area contributed by atoms with Crippen molar-refractivity contribution < 1.29 is 28.9 Å². The highest BCUT2D eigenvalue weighted by Crippen LogP contribution is 2.33. The number of hydrogen-bond acceptors (Lipinski definition) is 7. The molecule has 4 aromatic carbocycles. The van der Waals surface area contributed by atoms with E-state index < -0.39 is 11.6 Å². The van der Waals surface area contributed by atoms with Gasteiger partial charge in [-0.15, -0.1) is 0 Å². The minimum Gasteiger partial charge on any atom is -0.507 e. The summed E-state index contributed by atoms with van der Waals surface area (Å²) in [4.78, 5) is 26.1. The first-order chi connectivity index (χ1) is 20.6. The van der Waals surface area contributed by atoms with Crippen molar-refractivity contribution in [3.8, 4) is 11.5 Å². The zero-order chi connectivity index (χ0) is 30.8. The minimum atomic E-state index is -0.801. The molecule has 4 N–H and O–H groups in total.